The van der Waals surface area contributed by atoms with E-state index in [1.54, 1.807) is 31.2 Å². The normalized spacial score (nSPS) is 13.2. The van der Waals surface area contributed by atoms with E-state index in [0.29, 0.717) is 23.5 Å². The van der Waals surface area contributed by atoms with Gasteiger partial charge in [-0.25, -0.2) is 8.42 Å². The fraction of sp³-hybridized carbons (Fsp3) is 0.538. The number of aliphatic hydroxyl groups excluding tert-OH is 1. The summed E-state index contributed by atoms with van der Waals surface area (Å²) in [5.74, 6) is 0.0675. The third kappa shape index (κ3) is 4.81. The second kappa shape index (κ2) is 7.47. The van der Waals surface area contributed by atoms with Gasteiger partial charge in [-0.3, -0.25) is 0 Å². The summed E-state index contributed by atoms with van der Waals surface area (Å²) < 4.78 is 28.7. The van der Waals surface area contributed by atoms with Crippen molar-refractivity contribution >= 4 is 15.5 Å². The number of rotatable bonds is 8. The standard InChI is InChI=1S/C13H21NO4S/c1-3-19(16,17)13-7-5-4-6-12(13)14-9-8-11(15)10-18-2/h4-7,11,14-15H,3,8-10H2,1-2H3. The lowest BCUT2D eigenvalue weighted by Crippen LogP contribution is -2.19. The van der Waals surface area contributed by atoms with Gasteiger partial charge in [0, 0.05) is 13.7 Å². The van der Waals surface area contributed by atoms with Crippen LogP contribution in [0, 0.1) is 0 Å². The summed E-state index contributed by atoms with van der Waals surface area (Å²) >= 11 is 0. The summed E-state index contributed by atoms with van der Waals surface area (Å²) in [6, 6.07) is 6.80. The molecule has 1 unspecified atom stereocenters. The zero-order valence-corrected chi connectivity index (χ0v) is 12.1. The molecule has 0 fully saturated rings. The number of sulfone groups is 1. The molecule has 0 saturated heterocycles. The van der Waals surface area contributed by atoms with Crippen LogP contribution in [0.25, 0.3) is 0 Å². The highest BCUT2D eigenvalue weighted by molar-refractivity contribution is 7.91. The highest BCUT2D eigenvalue weighted by Crippen LogP contribution is 2.21. The Morgan fingerprint density at radius 1 is 1.37 bits per heavy atom. The highest BCUT2D eigenvalue weighted by Gasteiger charge is 2.15. The van der Waals surface area contributed by atoms with Crippen LogP contribution in [0.2, 0.25) is 0 Å². The molecule has 6 heteroatoms. The van der Waals surface area contributed by atoms with Gasteiger partial charge in [0.2, 0.25) is 0 Å². The topological polar surface area (TPSA) is 75.6 Å². The van der Waals surface area contributed by atoms with Gasteiger partial charge in [0.25, 0.3) is 0 Å². The fourth-order valence-corrected chi connectivity index (χ4v) is 2.76. The maximum atomic E-state index is 11.9. The Morgan fingerprint density at radius 3 is 2.68 bits per heavy atom. The summed E-state index contributed by atoms with van der Waals surface area (Å²) in [6.45, 7) is 2.38. The number of anilines is 1. The number of para-hydroxylation sites is 1. The number of hydrogen-bond donors (Lipinski definition) is 2. The number of ether oxygens (including phenoxy) is 1. The maximum absolute atomic E-state index is 11.9. The first-order valence-electron chi connectivity index (χ1n) is 6.24. The predicted molar refractivity (Wildman–Crippen MR) is 75.2 cm³/mol. The maximum Gasteiger partial charge on any atom is 0.180 e. The minimum Gasteiger partial charge on any atom is -0.391 e. The van der Waals surface area contributed by atoms with Crippen LogP contribution in [0.5, 0.6) is 0 Å². The van der Waals surface area contributed by atoms with Crippen LogP contribution in [0.1, 0.15) is 13.3 Å². The number of aliphatic hydroxyl groups is 1. The summed E-state index contributed by atoms with van der Waals surface area (Å²) in [5.41, 5.74) is 0.578. The molecule has 0 aliphatic carbocycles. The molecule has 0 saturated carbocycles. The summed E-state index contributed by atoms with van der Waals surface area (Å²) in [5, 5.41) is 12.6. The van der Waals surface area contributed by atoms with Crippen LogP contribution in [-0.2, 0) is 14.6 Å². The van der Waals surface area contributed by atoms with Crippen molar-refractivity contribution in [2.24, 2.45) is 0 Å². The van der Waals surface area contributed by atoms with Gasteiger partial charge in [-0.1, -0.05) is 19.1 Å². The highest BCUT2D eigenvalue weighted by atomic mass is 32.2. The van der Waals surface area contributed by atoms with E-state index < -0.39 is 15.9 Å². The Hall–Kier alpha value is -1.11. The molecule has 19 heavy (non-hydrogen) atoms. The molecule has 0 heterocycles. The molecule has 0 spiro atoms. The summed E-state index contributed by atoms with van der Waals surface area (Å²) in [7, 11) is -1.71. The predicted octanol–water partition coefficient (Wildman–Crippen LogP) is 1.29. The molecular weight excluding hydrogens is 266 g/mol. The van der Waals surface area contributed by atoms with E-state index in [9.17, 15) is 13.5 Å². The van der Waals surface area contributed by atoms with Crippen molar-refractivity contribution in [1.29, 1.82) is 0 Å². The number of hydrogen-bond acceptors (Lipinski definition) is 5. The Labute approximate surface area is 114 Å². The van der Waals surface area contributed by atoms with Crippen molar-refractivity contribution in [3.05, 3.63) is 24.3 Å². The molecule has 0 aromatic heterocycles. The van der Waals surface area contributed by atoms with Gasteiger partial charge in [-0.15, -0.1) is 0 Å². The van der Waals surface area contributed by atoms with Crippen molar-refractivity contribution in [1.82, 2.24) is 0 Å². The third-order valence-electron chi connectivity index (χ3n) is 2.75. The SMILES string of the molecule is CCS(=O)(=O)c1ccccc1NCCC(O)COC. The third-order valence-corrected chi connectivity index (χ3v) is 4.54. The zero-order chi connectivity index (χ0) is 14.3. The van der Waals surface area contributed by atoms with Crippen LogP contribution in [0.4, 0.5) is 5.69 Å². The van der Waals surface area contributed by atoms with Crippen LogP contribution in [0.15, 0.2) is 29.2 Å². The smallest absolute Gasteiger partial charge is 0.180 e. The van der Waals surface area contributed by atoms with Gasteiger partial charge in [0.15, 0.2) is 9.84 Å². The molecule has 1 rings (SSSR count). The summed E-state index contributed by atoms with van der Waals surface area (Å²) in [4.78, 5) is 0.304. The molecule has 1 aromatic rings. The minimum absolute atomic E-state index is 0.0675. The molecule has 1 aromatic carbocycles. The molecule has 108 valence electrons. The van der Waals surface area contributed by atoms with Gasteiger partial charge in [0.1, 0.15) is 0 Å². The first kappa shape index (κ1) is 15.9. The Bertz CT molecular complexity index is 487. The minimum atomic E-state index is -3.24. The van der Waals surface area contributed by atoms with Crippen molar-refractivity contribution in [3.8, 4) is 0 Å². The quantitative estimate of drug-likeness (QED) is 0.753. The molecule has 5 nitrogen and oxygen atoms in total. The molecule has 1 atom stereocenters. The Kier molecular flexibility index (Phi) is 6.27. The monoisotopic (exact) mass is 287 g/mol. The largest absolute Gasteiger partial charge is 0.391 e. The van der Waals surface area contributed by atoms with Crippen LogP contribution < -0.4 is 5.32 Å². The zero-order valence-electron chi connectivity index (χ0n) is 11.3. The van der Waals surface area contributed by atoms with Crippen LogP contribution in [-0.4, -0.2) is 45.6 Å². The number of nitrogens with one attached hydrogen (secondary N) is 1. The van der Waals surface area contributed by atoms with E-state index in [4.69, 9.17) is 4.74 Å². The van der Waals surface area contributed by atoms with E-state index in [-0.39, 0.29) is 12.4 Å². The second-order valence-corrected chi connectivity index (χ2v) is 6.47. The van der Waals surface area contributed by atoms with E-state index in [1.807, 2.05) is 0 Å². The average Bonchev–Trinajstić information content (AvgIpc) is 2.39. The molecule has 0 aliphatic rings. The fourth-order valence-electron chi connectivity index (χ4n) is 1.69. The molecule has 2 N–H and O–H groups in total. The number of benzene rings is 1. The Balaban J connectivity index is 2.69. The lowest BCUT2D eigenvalue weighted by atomic mass is 10.2. The molecular formula is C13H21NO4S. The van der Waals surface area contributed by atoms with Crippen molar-refractivity contribution in [2.75, 3.05) is 31.3 Å². The average molecular weight is 287 g/mol. The van der Waals surface area contributed by atoms with Crippen LogP contribution >= 0.6 is 0 Å². The van der Waals surface area contributed by atoms with Gasteiger partial charge >= 0.3 is 0 Å². The van der Waals surface area contributed by atoms with Crippen molar-refractivity contribution < 1.29 is 18.3 Å². The van der Waals surface area contributed by atoms with E-state index >= 15 is 0 Å². The van der Waals surface area contributed by atoms with Crippen molar-refractivity contribution in [3.63, 3.8) is 0 Å². The van der Waals surface area contributed by atoms with Gasteiger partial charge in [-0.2, -0.15) is 0 Å². The molecule has 0 amide bonds. The second-order valence-electron chi connectivity index (χ2n) is 4.22. The first-order valence-corrected chi connectivity index (χ1v) is 7.89. The molecule has 0 aliphatic heterocycles. The first-order chi connectivity index (χ1) is 9.01. The van der Waals surface area contributed by atoms with Gasteiger partial charge < -0.3 is 15.2 Å². The lowest BCUT2D eigenvalue weighted by molar-refractivity contribution is 0.0615. The molecule has 0 bridgehead atoms. The van der Waals surface area contributed by atoms with E-state index in [0.717, 1.165) is 0 Å². The Morgan fingerprint density at radius 2 is 2.05 bits per heavy atom. The van der Waals surface area contributed by atoms with Gasteiger partial charge in [-0.05, 0) is 18.6 Å². The van der Waals surface area contributed by atoms with Crippen LogP contribution in [0.3, 0.4) is 0 Å². The lowest BCUT2D eigenvalue weighted by Gasteiger charge is -2.13. The number of methoxy groups -OCH3 is 1. The molecule has 0 radical (unpaired) electrons. The van der Waals surface area contributed by atoms with Gasteiger partial charge in [0.05, 0.1) is 29.0 Å². The van der Waals surface area contributed by atoms with Crippen molar-refractivity contribution in [2.45, 2.75) is 24.3 Å². The summed E-state index contributed by atoms with van der Waals surface area (Å²) in [6.07, 6.45) is -0.0543. The van der Waals surface area contributed by atoms with E-state index in [2.05, 4.69) is 5.32 Å². The van der Waals surface area contributed by atoms with E-state index in [1.165, 1.54) is 7.11 Å².